The first-order chi connectivity index (χ1) is 13.2. The van der Waals surface area contributed by atoms with Gasteiger partial charge in [-0.25, -0.2) is 9.97 Å². The maximum Gasteiger partial charge on any atom is 0.138 e. The van der Waals surface area contributed by atoms with Crippen LogP contribution in [0.2, 0.25) is 0 Å². The van der Waals surface area contributed by atoms with E-state index in [4.69, 9.17) is 0 Å². The molecule has 2 aromatic heterocycles. The van der Waals surface area contributed by atoms with E-state index in [1.165, 1.54) is 15.8 Å². The molecule has 1 aliphatic heterocycles. The number of nitrogens with one attached hydrogen (secondary N) is 1. The third-order valence-electron chi connectivity index (χ3n) is 5.43. The van der Waals surface area contributed by atoms with E-state index in [1.54, 1.807) is 17.7 Å². The molecule has 6 heteroatoms. The van der Waals surface area contributed by atoms with Crippen molar-refractivity contribution in [2.45, 2.75) is 39.3 Å². The first-order valence-electron chi connectivity index (χ1n) is 9.33. The molecule has 0 spiro atoms. The smallest absolute Gasteiger partial charge is 0.138 e. The molecule has 0 aliphatic carbocycles. The van der Waals surface area contributed by atoms with E-state index in [2.05, 4.69) is 46.2 Å². The monoisotopic (exact) mass is 377 g/mol. The van der Waals surface area contributed by atoms with Crippen molar-refractivity contribution in [2.75, 3.05) is 18.4 Å². The minimum Gasteiger partial charge on any atom is -0.367 e. The molecule has 0 saturated carbocycles. The topological polar surface area (TPSA) is 64.8 Å². The van der Waals surface area contributed by atoms with Gasteiger partial charge >= 0.3 is 0 Å². The first-order valence-corrected chi connectivity index (χ1v) is 10.1. The minimum absolute atomic E-state index is 0.421. The molecule has 1 aliphatic rings. The molecule has 4 rings (SSSR count). The number of nitriles is 1. The Balaban J connectivity index is 1.41. The Kier molecular flexibility index (Phi) is 5.06. The number of nitrogens with zero attached hydrogens (tertiary/aromatic N) is 4. The van der Waals surface area contributed by atoms with E-state index in [0.29, 0.717) is 6.04 Å². The molecule has 3 aromatic rings. The molecule has 1 fully saturated rings. The van der Waals surface area contributed by atoms with Gasteiger partial charge in [0.25, 0.3) is 0 Å². The highest BCUT2D eigenvalue weighted by atomic mass is 32.1. The summed E-state index contributed by atoms with van der Waals surface area (Å²) in [6.07, 6.45) is 3.80. The summed E-state index contributed by atoms with van der Waals surface area (Å²) in [5.41, 5.74) is 3.18. The van der Waals surface area contributed by atoms with Crippen LogP contribution in [0.5, 0.6) is 0 Å². The summed E-state index contributed by atoms with van der Waals surface area (Å²) in [7, 11) is 0. The van der Waals surface area contributed by atoms with Crippen LogP contribution in [0.25, 0.3) is 10.2 Å². The van der Waals surface area contributed by atoms with E-state index in [0.717, 1.165) is 54.3 Å². The molecular weight excluding hydrogens is 354 g/mol. The second-order valence-corrected chi connectivity index (χ2v) is 8.35. The highest BCUT2D eigenvalue weighted by molar-refractivity contribution is 7.18. The SMILES string of the molecule is Cc1sc2ncnc(NC3CCN(Cc4ccccc4C#N)CC3)c2c1C. The number of piperidine rings is 1. The van der Waals surface area contributed by atoms with E-state index in [-0.39, 0.29) is 0 Å². The zero-order valence-electron chi connectivity index (χ0n) is 15.7. The zero-order valence-corrected chi connectivity index (χ0v) is 16.5. The van der Waals surface area contributed by atoms with Gasteiger partial charge in [0.1, 0.15) is 17.0 Å². The molecule has 1 N–H and O–H groups in total. The number of rotatable bonds is 4. The fourth-order valence-electron chi connectivity index (χ4n) is 3.73. The Labute approximate surface area is 163 Å². The van der Waals surface area contributed by atoms with Crippen LogP contribution in [0.1, 0.15) is 34.4 Å². The van der Waals surface area contributed by atoms with Crippen LogP contribution in [0.15, 0.2) is 30.6 Å². The van der Waals surface area contributed by atoms with E-state index in [1.807, 2.05) is 18.2 Å². The van der Waals surface area contributed by atoms with Gasteiger partial charge < -0.3 is 5.32 Å². The second-order valence-electron chi connectivity index (χ2n) is 7.15. The lowest BCUT2D eigenvalue weighted by molar-refractivity contribution is 0.211. The summed E-state index contributed by atoms with van der Waals surface area (Å²) >= 11 is 1.73. The molecule has 138 valence electrons. The normalized spacial score (nSPS) is 15.7. The number of aromatic nitrogens is 2. The van der Waals surface area contributed by atoms with Crippen molar-refractivity contribution in [3.8, 4) is 6.07 Å². The summed E-state index contributed by atoms with van der Waals surface area (Å²) < 4.78 is 0. The van der Waals surface area contributed by atoms with Crippen molar-refractivity contribution in [3.63, 3.8) is 0 Å². The Morgan fingerprint density at radius 3 is 2.78 bits per heavy atom. The van der Waals surface area contributed by atoms with Crippen LogP contribution in [-0.4, -0.2) is 34.0 Å². The summed E-state index contributed by atoms with van der Waals surface area (Å²) in [5.74, 6) is 0.968. The van der Waals surface area contributed by atoms with Crippen LogP contribution in [-0.2, 0) is 6.54 Å². The average Bonchev–Trinajstić information content (AvgIpc) is 2.99. The van der Waals surface area contributed by atoms with Gasteiger partial charge in [-0.3, -0.25) is 4.90 Å². The number of fused-ring (bicyclic) bond motifs is 1. The third-order valence-corrected chi connectivity index (χ3v) is 6.54. The zero-order chi connectivity index (χ0) is 18.8. The van der Waals surface area contributed by atoms with Crippen molar-refractivity contribution in [1.82, 2.24) is 14.9 Å². The van der Waals surface area contributed by atoms with E-state index in [9.17, 15) is 5.26 Å². The maximum atomic E-state index is 9.27. The Morgan fingerprint density at radius 2 is 2.00 bits per heavy atom. The van der Waals surface area contributed by atoms with Crippen LogP contribution in [0, 0.1) is 25.2 Å². The van der Waals surface area contributed by atoms with Crippen LogP contribution >= 0.6 is 11.3 Å². The van der Waals surface area contributed by atoms with Gasteiger partial charge in [-0.1, -0.05) is 18.2 Å². The van der Waals surface area contributed by atoms with Crippen molar-refractivity contribution in [1.29, 1.82) is 5.26 Å². The van der Waals surface area contributed by atoms with Gasteiger partial charge in [-0.05, 0) is 43.9 Å². The highest BCUT2D eigenvalue weighted by Crippen LogP contribution is 2.33. The number of likely N-dealkylation sites (tertiary alicyclic amines) is 1. The lowest BCUT2D eigenvalue weighted by Crippen LogP contribution is -2.39. The van der Waals surface area contributed by atoms with Gasteiger partial charge in [0.2, 0.25) is 0 Å². The minimum atomic E-state index is 0.421. The Bertz CT molecular complexity index is 995. The molecule has 0 radical (unpaired) electrons. The second kappa shape index (κ2) is 7.63. The predicted molar refractivity (Wildman–Crippen MR) is 110 cm³/mol. The number of hydrogen-bond acceptors (Lipinski definition) is 6. The lowest BCUT2D eigenvalue weighted by atomic mass is 10.0. The molecule has 0 unspecified atom stereocenters. The molecular formula is C21H23N5S. The predicted octanol–water partition coefficient (Wildman–Crippen LogP) is 4.26. The fourth-order valence-corrected chi connectivity index (χ4v) is 4.73. The molecule has 1 aromatic carbocycles. The van der Waals surface area contributed by atoms with Crippen molar-refractivity contribution in [2.24, 2.45) is 0 Å². The van der Waals surface area contributed by atoms with Gasteiger partial charge in [0.15, 0.2) is 0 Å². The van der Waals surface area contributed by atoms with Gasteiger partial charge in [0.05, 0.1) is 17.0 Å². The number of anilines is 1. The first kappa shape index (κ1) is 17.9. The Hall–Kier alpha value is -2.49. The number of aryl methyl sites for hydroxylation is 2. The summed E-state index contributed by atoms with van der Waals surface area (Å²) in [4.78, 5) is 13.7. The lowest BCUT2D eigenvalue weighted by Gasteiger charge is -2.32. The summed E-state index contributed by atoms with van der Waals surface area (Å²) in [5, 5.41) is 14.1. The van der Waals surface area contributed by atoms with Crippen molar-refractivity contribution in [3.05, 3.63) is 52.2 Å². The summed E-state index contributed by atoms with van der Waals surface area (Å²) in [6, 6.07) is 10.6. The molecule has 1 saturated heterocycles. The molecule has 0 atom stereocenters. The number of hydrogen-bond donors (Lipinski definition) is 1. The molecule has 3 heterocycles. The highest BCUT2D eigenvalue weighted by Gasteiger charge is 2.21. The standard InChI is InChI=1S/C21H23N5S/c1-14-15(2)27-21-19(14)20(23-13-24-21)25-18-7-9-26(10-8-18)12-17-6-4-3-5-16(17)11-22/h3-6,13,18H,7-10,12H2,1-2H3,(H,23,24,25). The average molecular weight is 378 g/mol. The van der Waals surface area contributed by atoms with Crippen LogP contribution in [0.4, 0.5) is 5.82 Å². The number of thiophene rings is 1. The fraction of sp³-hybridized carbons (Fsp3) is 0.381. The van der Waals surface area contributed by atoms with E-state index < -0.39 is 0 Å². The quantitative estimate of drug-likeness (QED) is 0.736. The number of benzene rings is 1. The Morgan fingerprint density at radius 1 is 1.22 bits per heavy atom. The van der Waals surface area contributed by atoms with Crippen LogP contribution < -0.4 is 5.32 Å². The van der Waals surface area contributed by atoms with E-state index >= 15 is 0 Å². The van der Waals surface area contributed by atoms with Gasteiger partial charge in [-0.2, -0.15) is 5.26 Å². The maximum absolute atomic E-state index is 9.27. The van der Waals surface area contributed by atoms with Crippen molar-refractivity contribution < 1.29 is 0 Å². The van der Waals surface area contributed by atoms with Gasteiger partial charge in [-0.15, -0.1) is 11.3 Å². The molecule has 0 amide bonds. The van der Waals surface area contributed by atoms with Crippen molar-refractivity contribution >= 4 is 27.4 Å². The molecule has 0 bridgehead atoms. The van der Waals surface area contributed by atoms with Gasteiger partial charge in [0, 0.05) is 30.6 Å². The largest absolute Gasteiger partial charge is 0.367 e. The van der Waals surface area contributed by atoms with Crippen LogP contribution in [0.3, 0.4) is 0 Å². The molecule has 5 nitrogen and oxygen atoms in total. The molecule has 27 heavy (non-hydrogen) atoms. The third kappa shape index (κ3) is 3.66. The summed E-state index contributed by atoms with van der Waals surface area (Å²) in [6.45, 7) is 7.18.